The first-order valence-corrected chi connectivity index (χ1v) is 4.88. The van der Waals surface area contributed by atoms with Crippen LogP contribution < -0.4 is 0 Å². The highest BCUT2D eigenvalue weighted by molar-refractivity contribution is 7.90. The van der Waals surface area contributed by atoms with E-state index in [1.165, 1.54) is 12.4 Å². The third-order valence-corrected chi connectivity index (χ3v) is 1.96. The molecule has 60 valence electrons. The Labute approximate surface area is 65.2 Å². The molecular weight excluding hydrogens is 164 g/mol. The van der Waals surface area contributed by atoms with Crippen molar-refractivity contribution in [2.24, 2.45) is 0 Å². The van der Waals surface area contributed by atoms with Gasteiger partial charge in [0.15, 0.2) is 0 Å². The molecule has 11 heavy (non-hydrogen) atoms. The Balaban J connectivity index is 3.20. The Morgan fingerprint density at radius 2 is 1.73 bits per heavy atom. The molecule has 1 aromatic heterocycles. The van der Waals surface area contributed by atoms with Crippen molar-refractivity contribution in [3.63, 3.8) is 0 Å². The summed E-state index contributed by atoms with van der Waals surface area (Å²) < 4.78 is 21.6. The van der Waals surface area contributed by atoms with Gasteiger partial charge in [-0.2, -0.15) is 0 Å². The summed E-state index contributed by atoms with van der Waals surface area (Å²) in [6, 6.07) is 0. The van der Waals surface area contributed by atoms with E-state index < -0.39 is 9.84 Å². The van der Waals surface area contributed by atoms with Gasteiger partial charge >= 0.3 is 0 Å². The van der Waals surface area contributed by atoms with Crippen LogP contribution in [0.3, 0.4) is 0 Å². The minimum absolute atomic E-state index is 0.122. The van der Waals surface area contributed by atoms with Crippen molar-refractivity contribution in [2.75, 3.05) is 6.26 Å². The average Bonchev–Trinajstić information content (AvgIpc) is 1.86. The molecule has 0 saturated heterocycles. The van der Waals surface area contributed by atoms with Crippen molar-refractivity contribution in [3.05, 3.63) is 18.0 Å². The molecule has 0 atom stereocenters. The zero-order chi connectivity index (χ0) is 8.48. The first-order valence-electron chi connectivity index (χ1n) is 2.99. The van der Waals surface area contributed by atoms with Crippen molar-refractivity contribution in [2.45, 2.75) is 12.1 Å². The second kappa shape index (κ2) is 2.58. The Morgan fingerprint density at radius 3 is 2.09 bits per heavy atom. The molecular formula is C6H8N2O2S. The molecule has 0 fully saturated rings. The quantitative estimate of drug-likeness (QED) is 0.567. The highest BCUT2D eigenvalue weighted by atomic mass is 32.2. The normalized spacial score (nSPS) is 11.5. The maximum absolute atomic E-state index is 10.8. The number of sulfone groups is 1. The van der Waals surface area contributed by atoms with Gasteiger partial charge in [-0.1, -0.05) is 0 Å². The maximum Gasteiger partial charge on any atom is 0.246 e. The fourth-order valence-corrected chi connectivity index (χ4v) is 1.06. The van der Waals surface area contributed by atoms with E-state index in [1.807, 2.05) is 0 Å². The molecule has 0 amide bonds. The van der Waals surface area contributed by atoms with Crippen LogP contribution in [0.4, 0.5) is 0 Å². The Kier molecular flexibility index (Phi) is 1.90. The summed E-state index contributed by atoms with van der Waals surface area (Å²) in [6.45, 7) is 1.80. The van der Waals surface area contributed by atoms with Gasteiger partial charge in [0.25, 0.3) is 0 Å². The van der Waals surface area contributed by atoms with Crippen LogP contribution in [0.15, 0.2) is 17.6 Å². The van der Waals surface area contributed by atoms with Crippen LogP contribution in [0.5, 0.6) is 0 Å². The van der Waals surface area contributed by atoms with E-state index in [2.05, 4.69) is 9.97 Å². The average molecular weight is 172 g/mol. The SMILES string of the molecule is Cc1cnc(S(C)(=O)=O)nc1. The van der Waals surface area contributed by atoms with E-state index in [1.54, 1.807) is 6.92 Å². The molecule has 0 aliphatic rings. The fourth-order valence-electron chi connectivity index (χ4n) is 0.572. The van der Waals surface area contributed by atoms with E-state index in [-0.39, 0.29) is 5.16 Å². The molecule has 0 bridgehead atoms. The molecule has 0 unspecified atom stereocenters. The number of aryl methyl sites for hydroxylation is 1. The van der Waals surface area contributed by atoms with Crippen LogP contribution in [0.1, 0.15) is 5.56 Å². The van der Waals surface area contributed by atoms with Crippen LogP contribution in [0.2, 0.25) is 0 Å². The molecule has 0 aliphatic carbocycles. The van der Waals surface area contributed by atoms with Gasteiger partial charge in [0.1, 0.15) is 0 Å². The molecule has 5 heteroatoms. The van der Waals surface area contributed by atoms with E-state index >= 15 is 0 Å². The first kappa shape index (κ1) is 8.13. The van der Waals surface area contributed by atoms with E-state index in [0.717, 1.165) is 11.8 Å². The lowest BCUT2D eigenvalue weighted by Gasteiger charge is -1.94. The summed E-state index contributed by atoms with van der Waals surface area (Å²) in [4.78, 5) is 7.30. The molecule has 0 spiro atoms. The Hall–Kier alpha value is -0.970. The zero-order valence-electron chi connectivity index (χ0n) is 6.27. The van der Waals surface area contributed by atoms with Crippen molar-refractivity contribution in [1.82, 2.24) is 9.97 Å². The molecule has 1 heterocycles. The topological polar surface area (TPSA) is 59.9 Å². The van der Waals surface area contributed by atoms with Crippen molar-refractivity contribution in [3.8, 4) is 0 Å². The van der Waals surface area contributed by atoms with E-state index in [0.29, 0.717) is 0 Å². The Morgan fingerprint density at radius 1 is 1.27 bits per heavy atom. The lowest BCUT2D eigenvalue weighted by molar-refractivity contribution is 0.592. The van der Waals surface area contributed by atoms with Crippen molar-refractivity contribution < 1.29 is 8.42 Å². The predicted molar refractivity (Wildman–Crippen MR) is 39.9 cm³/mol. The molecule has 0 N–H and O–H groups in total. The van der Waals surface area contributed by atoms with Gasteiger partial charge in [-0.05, 0) is 12.5 Å². The van der Waals surface area contributed by atoms with Gasteiger partial charge in [0.2, 0.25) is 15.0 Å². The van der Waals surface area contributed by atoms with Gasteiger partial charge in [-0.25, -0.2) is 18.4 Å². The monoisotopic (exact) mass is 172 g/mol. The smallest absolute Gasteiger partial charge is 0.227 e. The second-order valence-corrected chi connectivity index (χ2v) is 4.22. The summed E-state index contributed by atoms with van der Waals surface area (Å²) in [5.74, 6) is 0. The first-order chi connectivity index (χ1) is 5.00. The third-order valence-electron chi connectivity index (χ3n) is 1.09. The molecule has 1 rings (SSSR count). The second-order valence-electron chi connectivity index (χ2n) is 2.32. The van der Waals surface area contributed by atoms with Crippen LogP contribution in [-0.2, 0) is 9.84 Å². The van der Waals surface area contributed by atoms with Gasteiger partial charge in [0.05, 0.1) is 0 Å². The van der Waals surface area contributed by atoms with Gasteiger partial charge < -0.3 is 0 Å². The maximum atomic E-state index is 10.8. The van der Waals surface area contributed by atoms with Gasteiger partial charge in [0, 0.05) is 18.6 Å². The standard InChI is InChI=1S/C6H8N2O2S/c1-5-3-7-6(8-4-5)11(2,9)10/h3-4H,1-2H3. The molecule has 4 nitrogen and oxygen atoms in total. The number of hydrogen-bond acceptors (Lipinski definition) is 4. The van der Waals surface area contributed by atoms with E-state index in [4.69, 9.17) is 0 Å². The predicted octanol–water partition coefficient (Wildman–Crippen LogP) is 0.189. The molecule has 1 aromatic rings. The summed E-state index contributed by atoms with van der Waals surface area (Å²) in [7, 11) is -3.24. The summed E-state index contributed by atoms with van der Waals surface area (Å²) in [6.07, 6.45) is 4.03. The number of aromatic nitrogens is 2. The summed E-state index contributed by atoms with van der Waals surface area (Å²) in [5, 5.41) is -0.122. The van der Waals surface area contributed by atoms with Crippen LogP contribution in [0.25, 0.3) is 0 Å². The third kappa shape index (κ3) is 1.98. The van der Waals surface area contributed by atoms with Crippen LogP contribution in [-0.4, -0.2) is 24.6 Å². The highest BCUT2D eigenvalue weighted by Crippen LogP contribution is 1.99. The van der Waals surface area contributed by atoms with Crippen LogP contribution in [0, 0.1) is 6.92 Å². The highest BCUT2D eigenvalue weighted by Gasteiger charge is 2.08. The summed E-state index contributed by atoms with van der Waals surface area (Å²) >= 11 is 0. The zero-order valence-corrected chi connectivity index (χ0v) is 7.09. The van der Waals surface area contributed by atoms with E-state index in [9.17, 15) is 8.42 Å². The van der Waals surface area contributed by atoms with Crippen molar-refractivity contribution >= 4 is 9.84 Å². The van der Waals surface area contributed by atoms with Gasteiger partial charge in [-0.15, -0.1) is 0 Å². The van der Waals surface area contributed by atoms with Crippen LogP contribution >= 0.6 is 0 Å². The minimum atomic E-state index is -3.24. The Bertz CT molecular complexity index is 341. The number of nitrogens with zero attached hydrogens (tertiary/aromatic N) is 2. The number of hydrogen-bond donors (Lipinski definition) is 0. The number of rotatable bonds is 1. The lowest BCUT2D eigenvalue weighted by Crippen LogP contribution is -2.03. The molecule has 0 aromatic carbocycles. The lowest BCUT2D eigenvalue weighted by atomic mass is 10.4. The molecule has 0 aliphatic heterocycles. The summed E-state index contributed by atoms with van der Waals surface area (Å²) in [5.41, 5.74) is 0.845. The molecule has 0 saturated carbocycles. The largest absolute Gasteiger partial charge is 0.246 e. The van der Waals surface area contributed by atoms with Crippen molar-refractivity contribution in [1.29, 1.82) is 0 Å². The minimum Gasteiger partial charge on any atom is -0.227 e. The van der Waals surface area contributed by atoms with Gasteiger partial charge in [-0.3, -0.25) is 0 Å². The molecule has 0 radical (unpaired) electrons. The fraction of sp³-hybridized carbons (Fsp3) is 0.333.